The van der Waals surface area contributed by atoms with Crippen molar-refractivity contribution in [3.63, 3.8) is 0 Å². The van der Waals surface area contributed by atoms with Crippen LogP contribution < -0.4 is 10.1 Å². The lowest BCUT2D eigenvalue weighted by molar-refractivity contribution is 0.419. The lowest BCUT2D eigenvalue weighted by atomic mass is 10.2. The Bertz CT molecular complexity index is 535. The van der Waals surface area contributed by atoms with Gasteiger partial charge in [-0.25, -0.2) is 4.98 Å². The van der Waals surface area contributed by atoms with Gasteiger partial charge in [0.15, 0.2) is 17.0 Å². The fourth-order valence-corrected chi connectivity index (χ4v) is 3.13. The molecular formula is C13H16N2O2S. The minimum absolute atomic E-state index is 0.461. The smallest absolute Gasteiger partial charge is 0.197 e. The third-order valence-corrected chi connectivity index (χ3v) is 4.20. The van der Waals surface area contributed by atoms with Crippen LogP contribution in [-0.4, -0.2) is 36.2 Å². The van der Waals surface area contributed by atoms with E-state index in [-0.39, 0.29) is 0 Å². The Morgan fingerprint density at radius 1 is 1.56 bits per heavy atom. The Balaban J connectivity index is 1.84. The third kappa shape index (κ3) is 2.33. The number of benzene rings is 1. The topological polar surface area (TPSA) is 47.3 Å². The molecule has 0 bridgehead atoms. The number of nitrogens with one attached hydrogen (secondary N) is 1. The van der Waals surface area contributed by atoms with E-state index in [0.29, 0.717) is 6.04 Å². The highest BCUT2D eigenvalue weighted by Gasteiger charge is 2.17. The lowest BCUT2D eigenvalue weighted by Gasteiger charge is -2.21. The van der Waals surface area contributed by atoms with E-state index in [2.05, 4.69) is 10.3 Å². The van der Waals surface area contributed by atoms with Crippen molar-refractivity contribution < 1.29 is 9.15 Å². The van der Waals surface area contributed by atoms with Crippen LogP contribution >= 0.6 is 11.8 Å². The Morgan fingerprint density at radius 2 is 2.50 bits per heavy atom. The number of hydrogen-bond donors (Lipinski definition) is 1. The van der Waals surface area contributed by atoms with Gasteiger partial charge in [-0.3, -0.25) is 0 Å². The zero-order valence-corrected chi connectivity index (χ0v) is 11.1. The minimum atomic E-state index is 0.461. The molecule has 1 saturated heterocycles. The molecule has 1 unspecified atom stereocenters. The number of aromatic nitrogens is 1. The van der Waals surface area contributed by atoms with Gasteiger partial charge < -0.3 is 14.5 Å². The molecule has 5 heteroatoms. The molecule has 2 aromatic rings. The fourth-order valence-electron chi connectivity index (χ4n) is 2.18. The average molecular weight is 264 g/mol. The molecule has 18 heavy (non-hydrogen) atoms. The van der Waals surface area contributed by atoms with Crippen molar-refractivity contribution >= 4 is 22.9 Å². The average Bonchev–Trinajstić information content (AvgIpc) is 2.82. The van der Waals surface area contributed by atoms with Crippen molar-refractivity contribution in [1.82, 2.24) is 10.3 Å². The molecule has 1 aliphatic rings. The first-order chi connectivity index (χ1) is 8.86. The number of nitrogens with zero attached hydrogens (tertiary/aromatic N) is 1. The first-order valence-corrected chi connectivity index (χ1v) is 7.26. The number of ether oxygens (including phenoxy) is 1. The molecule has 1 aromatic heterocycles. The summed E-state index contributed by atoms with van der Waals surface area (Å²) in [6, 6.07) is 6.22. The van der Waals surface area contributed by atoms with Gasteiger partial charge in [0, 0.05) is 30.5 Å². The predicted octanol–water partition coefficient (Wildman–Crippen LogP) is 2.08. The Hall–Kier alpha value is -1.20. The zero-order valence-electron chi connectivity index (χ0n) is 10.3. The Morgan fingerprint density at radius 3 is 3.28 bits per heavy atom. The second-order valence-corrected chi connectivity index (χ2v) is 5.49. The van der Waals surface area contributed by atoms with Gasteiger partial charge in [0.2, 0.25) is 0 Å². The van der Waals surface area contributed by atoms with Crippen LogP contribution in [-0.2, 0) is 6.42 Å². The predicted molar refractivity (Wildman–Crippen MR) is 73.4 cm³/mol. The van der Waals surface area contributed by atoms with E-state index in [1.165, 1.54) is 5.75 Å². The number of fused-ring (bicyclic) bond motifs is 1. The number of rotatable bonds is 3. The normalized spacial score (nSPS) is 20.2. The van der Waals surface area contributed by atoms with Gasteiger partial charge in [-0.15, -0.1) is 0 Å². The number of para-hydroxylation sites is 1. The molecule has 1 aromatic carbocycles. The second-order valence-electron chi connectivity index (χ2n) is 4.34. The van der Waals surface area contributed by atoms with E-state index in [4.69, 9.17) is 9.15 Å². The van der Waals surface area contributed by atoms with Crippen LogP contribution in [0, 0.1) is 0 Å². The molecule has 4 nitrogen and oxygen atoms in total. The Labute approximate surface area is 110 Å². The summed E-state index contributed by atoms with van der Waals surface area (Å²) in [6.45, 7) is 1.07. The molecule has 96 valence electrons. The van der Waals surface area contributed by atoms with Crippen molar-refractivity contribution in [2.45, 2.75) is 12.5 Å². The SMILES string of the molecule is COc1cccc2oc(CC3CSCCN3)nc12. The fraction of sp³-hybridized carbons (Fsp3) is 0.462. The monoisotopic (exact) mass is 264 g/mol. The number of oxazole rings is 1. The molecule has 0 aliphatic carbocycles. The lowest BCUT2D eigenvalue weighted by Crippen LogP contribution is -2.38. The molecule has 1 aliphatic heterocycles. The molecule has 2 heterocycles. The molecular weight excluding hydrogens is 248 g/mol. The van der Waals surface area contributed by atoms with Crippen LogP contribution in [0.4, 0.5) is 0 Å². The van der Waals surface area contributed by atoms with Crippen molar-refractivity contribution in [1.29, 1.82) is 0 Å². The van der Waals surface area contributed by atoms with E-state index in [0.717, 1.165) is 41.5 Å². The van der Waals surface area contributed by atoms with Crippen LogP contribution in [0.25, 0.3) is 11.1 Å². The summed E-state index contributed by atoms with van der Waals surface area (Å²) in [5, 5.41) is 3.49. The molecule has 1 fully saturated rings. The van der Waals surface area contributed by atoms with Crippen LogP contribution in [0.5, 0.6) is 5.75 Å². The molecule has 1 atom stereocenters. The zero-order chi connectivity index (χ0) is 12.4. The van der Waals surface area contributed by atoms with E-state index >= 15 is 0 Å². The van der Waals surface area contributed by atoms with Crippen molar-refractivity contribution in [3.05, 3.63) is 24.1 Å². The molecule has 0 saturated carbocycles. The van der Waals surface area contributed by atoms with Crippen LogP contribution in [0.1, 0.15) is 5.89 Å². The summed E-state index contributed by atoms with van der Waals surface area (Å²) in [5.41, 5.74) is 1.62. The quantitative estimate of drug-likeness (QED) is 0.919. The highest BCUT2D eigenvalue weighted by molar-refractivity contribution is 7.99. The van der Waals surface area contributed by atoms with Gasteiger partial charge in [-0.1, -0.05) is 6.07 Å². The van der Waals surface area contributed by atoms with Crippen LogP contribution in [0.15, 0.2) is 22.6 Å². The summed E-state index contributed by atoms with van der Waals surface area (Å²) in [4.78, 5) is 4.54. The van der Waals surface area contributed by atoms with E-state index < -0.39 is 0 Å². The van der Waals surface area contributed by atoms with Gasteiger partial charge in [0.05, 0.1) is 7.11 Å². The van der Waals surface area contributed by atoms with Gasteiger partial charge in [-0.05, 0) is 12.1 Å². The molecule has 0 spiro atoms. The highest BCUT2D eigenvalue weighted by atomic mass is 32.2. The third-order valence-electron chi connectivity index (χ3n) is 3.07. The first kappa shape index (κ1) is 11.9. The summed E-state index contributed by atoms with van der Waals surface area (Å²) in [6.07, 6.45) is 0.838. The van der Waals surface area contributed by atoms with Crippen molar-refractivity contribution in [2.24, 2.45) is 0 Å². The van der Waals surface area contributed by atoms with E-state index in [1.54, 1.807) is 7.11 Å². The van der Waals surface area contributed by atoms with Gasteiger partial charge in [-0.2, -0.15) is 11.8 Å². The van der Waals surface area contributed by atoms with Crippen LogP contribution in [0.3, 0.4) is 0 Å². The maximum absolute atomic E-state index is 5.77. The maximum atomic E-state index is 5.77. The molecule has 3 rings (SSSR count). The highest BCUT2D eigenvalue weighted by Crippen LogP contribution is 2.26. The molecule has 0 radical (unpaired) electrons. The number of hydrogen-bond acceptors (Lipinski definition) is 5. The summed E-state index contributed by atoms with van der Waals surface area (Å²) >= 11 is 1.98. The summed E-state index contributed by atoms with van der Waals surface area (Å²) in [5.74, 6) is 3.87. The summed E-state index contributed by atoms with van der Waals surface area (Å²) < 4.78 is 11.1. The first-order valence-electron chi connectivity index (χ1n) is 6.10. The number of thioether (sulfide) groups is 1. The van der Waals surface area contributed by atoms with Crippen LogP contribution in [0.2, 0.25) is 0 Å². The van der Waals surface area contributed by atoms with E-state index in [1.807, 2.05) is 30.0 Å². The number of methoxy groups -OCH3 is 1. The van der Waals surface area contributed by atoms with Gasteiger partial charge in [0.25, 0.3) is 0 Å². The van der Waals surface area contributed by atoms with Gasteiger partial charge in [0.1, 0.15) is 5.75 Å². The molecule has 1 N–H and O–H groups in total. The minimum Gasteiger partial charge on any atom is -0.494 e. The molecule has 0 amide bonds. The standard InChI is InChI=1S/C13H16N2O2S/c1-16-10-3-2-4-11-13(10)15-12(17-11)7-9-8-18-6-5-14-9/h2-4,9,14H,5-8H2,1H3. The van der Waals surface area contributed by atoms with Crippen molar-refractivity contribution in [2.75, 3.05) is 25.2 Å². The van der Waals surface area contributed by atoms with Crippen molar-refractivity contribution in [3.8, 4) is 5.75 Å². The maximum Gasteiger partial charge on any atom is 0.197 e. The summed E-state index contributed by atoms with van der Waals surface area (Å²) in [7, 11) is 1.66. The Kier molecular flexibility index (Phi) is 3.43. The second kappa shape index (κ2) is 5.20. The largest absolute Gasteiger partial charge is 0.494 e. The van der Waals surface area contributed by atoms with Gasteiger partial charge >= 0.3 is 0 Å². The van der Waals surface area contributed by atoms with E-state index in [9.17, 15) is 0 Å².